The van der Waals surface area contributed by atoms with Gasteiger partial charge in [-0.05, 0) is 41.3 Å². The van der Waals surface area contributed by atoms with E-state index in [1.807, 2.05) is 31.2 Å². The molecule has 0 heterocycles. The Bertz CT molecular complexity index is 787. The van der Waals surface area contributed by atoms with Crippen molar-refractivity contribution in [2.24, 2.45) is 5.11 Å². The normalized spacial score (nSPS) is 10.0. The second kappa shape index (κ2) is 6.47. The van der Waals surface area contributed by atoms with Gasteiger partial charge in [-0.25, -0.2) is 4.39 Å². The molecule has 0 aliphatic heterocycles. The molecule has 2 rings (SSSR count). The maximum absolute atomic E-state index is 13.8. The summed E-state index contributed by atoms with van der Waals surface area (Å²) in [5.41, 5.74) is 10.3. The van der Waals surface area contributed by atoms with Crippen molar-refractivity contribution in [2.75, 3.05) is 11.9 Å². The van der Waals surface area contributed by atoms with Gasteiger partial charge in [0.1, 0.15) is 5.82 Å². The molecule has 1 amide bonds. The predicted octanol–water partition coefficient (Wildman–Crippen LogP) is 5.01. The molecule has 0 bridgehead atoms. The Labute approximate surface area is 131 Å². The first kappa shape index (κ1) is 15.8. The number of nitrogens with zero attached hydrogens (tertiary/aromatic N) is 4. The number of hydrogen-bond donors (Lipinski definition) is 0. The second-order valence-corrected chi connectivity index (χ2v) is 5.03. The van der Waals surface area contributed by atoms with Crippen LogP contribution < -0.4 is 4.90 Å². The number of hydrogen-bond acceptors (Lipinski definition) is 2. The molecule has 22 heavy (non-hydrogen) atoms. The van der Waals surface area contributed by atoms with Crippen LogP contribution in [0, 0.1) is 12.7 Å². The van der Waals surface area contributed by atoms with Crippen LogP contribution in [0.4, 0.5) is 15.8 Å². The van der Waals surface area contributed by atoms with Crippen molar-refractivity contribution >= 4 is 28.9 Å². The lowest BCUT2D eigenvalue weighted by atomic mass is 10.1. The van der Waals surface area contributed by atoms with Crippen LogP contribution in [0.2, 0.25) is 5.02 Å². The van der Waals surface area contributed by atoms with E-state index in [4.69, 9.17) is 17.1 Å². The summed E-state index contributed by atoms with van der Waals surface area (Å²) in [7, 11) is 1.75. The molecule has 0 atom stereocenters. The minimum absolute atomic E-state index is 0.153. The molecule has 0 saturated carbocycles. The summed E-state index contributed by atoms with van der Waals surface area (Å²) in [5, 5.41) is 3.07. The highest BCUT2D eigenvalue weighted by Crippen LogP contribution is 2.34. The van der Waals surface area contributed by atoms with Gasteiger partial charge in [-0.2, -0.15) is 0 Å². The Kier molecular flexibility index (Phi) is 4.65. The first-order valence-corrected chi connectivity index (χ1v) is 6.71. The van der Waals surface area contributed by atoms with Gasteiger partial charge in [0.15, 0.2) is 0 Å². The summed E-state index contributed by atoms with van der Waals surface area (Å²) in [4.78, 5) is 15.8. The topological polar surface area (TPSA) is 69.1 Å². The molecular weight excluding hydrogens is 307 g/mol. The van der Waals surface area contributed by atoms with Gasteiger partial charge < -0.3 is 4.90 Å². The summed E-state index contributed by atoms with van der Waals surface area (Å²) in [6.45, 7) is 1.93. The number of aryl methyl sites for hydroxylation is 1. The van der Waals surface area contributed by atoms with Gasteiger partial charge in [0.25, 0.3) is 5.91 Å². The Hall–Kier alpha value is -2.56. The first-order chi connectivity index (χ1) is 10.5. The van der Waals surface area contributed by atoms with Crippen LogP contribution in [0.5, 0.6) is 0 Å². The first-order valence-electron chi connectivity index (χ1n) is 6.33. The third-order valence-corrected chi connectivity index (χ3v) is 3.54. The molecule has 2 aromatic carbocycles. The highest BCUT2D eigenvalue weighted by atomic mass is 35.5. The highest BCUT2D eigenvalue weighted by molar-refractivity contribution is 6.33. The fraction of sp³-hybridized carbons (Fsp3) is 0.133. The number of azide groups is 1. The van der Waals surface area contributed by atoms with Gasteiger partial charge in [-0.1, -0.05) is 29.8 Å². The Morgan fingerprint density at radius 1 is 1.32 bits per heavy atom. The average molecular weight is 319 g/mol. The monoisotopic (exact) mass is 318 g/mol. The van der Waals surface area contributed by atoms with Gasteiger partial charge in [0.2, 0.25) is 0 Å². The fourth-order valence-corrected chi connectivity index (χ4v) is 2.40. The van der Waals surface area contributed by atoms with E-state index in [1.165, 1.54) is 6.07 Å². The third-order valence-electron chi connectivity index (χ3n) is 3.24. The molecule has 0 fully saturated rings. The van der Waals surface area contributed by atoms with Crippen molar-refractivity contribution in [3.63, 3.8) is 0 Å². The number of para-hydroxylation sites is 1. The van der Waals surface area contributed by atoms with Crippen molar-refractivity contribution in [1.29, 1.82) is 0 Å². The lowest BCUT2D eigenvalue weighted by molar-refractivity contribution is 0.0996. The molecule has 0 radical (unpaired) electrons. The molecule has 7 heteroatoms. The van der Waals surface area contributed by atoms with Gasteiger partial charge in [-0.15, -0.1) is 0 Å². The van der Waals surface area contributed by atoms with Gasteiger partial charge in [0.05, 0.1) is 16.3 Å². The smallest absolute Gasteiger partial charge is 0.252 e. The van der Waals surface area contributed by atoms with E-state index in [0.29, 0.717) is 5.69 Å². The zero-order valence-electron chi connectivity index (χ0n) is 11.9. The third kappa shape index (κ3) is 3.03. The molecule has 5 nitrogen and oxygen atoms in total. The lowest BCUT2D eigenvalue weighted by Crippen LogP contribution is -2.13. The van der Waals surface area contributed by atoms with E-state index in [-0.39, 0.29) is 10.6 Å². The largest absolute Gasteiger partial charge is 0.343 e. The maximum Gasteiger partial charge on any atom is 0.252 e. The van der Waals surface area contributed by atoms with Crippen molar-refractivity contribution in [3.05, 3.63) is 68.8 Å². The molecule has 2 aromatic rings. The Morgan fingerprint density at radius 2 is 2.00 bits per heavy atom. The number of rotatable bonds is 3. The lowest BCUT2D eigenvalue weighted by Gasteiger charge is -2.23. The van der Waals surface area contributed by atoms with Crippen LogP contribution in [0.25, 0.3) is 10.4 Å². The molecule has 0 aromatic heterocycles. The van der Waals surface area contributed by atoms with Crippen molar-refractivity contribution in [2.45, 2.75) is 6.92 Å². The van der Waals surface area contributed by atoms with Gasteiger partial charge in [0, 0.05) is 17.6 Å². The number of amides is 1. The van der Waals surface area contributed by atoms with E-state index >= 15 is 0 Å². The standard InChI is InChI=1S/C15H12ClFN4O/c1-9-5-3-4-6-13(9)21(2)14-7-10(15(22)19-20-18)12(17)8-11(14)16/h3-8H,1-2H3. The molecule has 0 saturated heterocycles. The van der Waals surface area contributed by atoms with Crippen LogP contribution in [-0.4, -0.2) is 13.0 Å². The van der Waals surface area contributed by atoms with Crippen LogP contribution in [0.15, 0.2) is 41.5 Å². The Balaban J connectivity index is 2.56. The number of carbonyl (C=O) groups excluding carboxylic acids is 1. The predicted molar refractivity (Wildman–Crippen MR) is 84.1 cm³/mol. The van der Waals surface area contributed by atoms with Crippen molar-refractivity contribution < 1.29 is 9.18 Å². The molecule has 0 spiro atoms. The van der Waals surface area contributed by atoms with E-state index in [9.17, 15) is 9.18 Å². The SMILES string of the molecule is Cc1ccccc1N(C)c1cc(C(=O)N=[N+]=[N-])c(F)cc1Cl. The molecule has 0 unspecified atom stereocenters. The summed E-state index contributed by atoms with van der Waals surface area (Å²) < 4.78 is 13.8. The minimum atomic E-state index is -0.990. The van der Waals surface area contributed by atoms with E-state index in [2.05, 4.69) is 10.0 Å². The number of carbonyl (C=O) groups is 1. The van der Waals surface area contributed by atoms with Gasteiger partial charge >= 0.3 is 0 Å². The molecular formula is C15H12ClFN4O. The van der Waals surface area contributed by atoms with Crippen molar-refractivity contribution in [1.82, 2.24) is 0 Å². The number of anilines is 2. The Morgan fingerprint density at radius 3 is 2.64 bits per heavy atom. The average Bonchev–Trinajstić information content (AvgIpc) is 2.47. The minimum Gasteiger partial charge on any atom is -0.343 e. The van der Waals surface area contributed by atoms with Gasteiger partial charge in [-0.3, -0.25) is 4.79 Å². The summed E-state index contributed by atoms with van der Waals surface area (Å²) in [6.07, 6.45) is 0. The highest BCUT2D eigenvalue weighted by Gasteiger charge is 2.17. The van der Waals surface area contributed by atoms with E-state index in [1.54, 1.807) is 11.9 Å². The zero-order valence-corrected chi connectivity index (χ0v) is 12.7. The summed E-state index contributed by atoms with van der Waals surface area (Å²) >= 11 is 6.08. The fourth-order valence-electron chi connectivity index (χ4n) is 2.12. The quantitative estimate of drug-likeness (QED) is 0.453. The molecule has 0 N–H and O–H groups in total. The molecule has 112 valence electrons. The second-order valence-electron chi connectivity index (χ2n) is 4.62. The van der Waals surface area contributed by atoms with E-state index < -0.39 is 11.7 Å². The number of benzene rings is 2. The van der Waals surface area contributed by atoms with Crippen molar-refractivity contribution in [3.8, 4) is 0 Å². The van der Waals surface area contributed by atoms with Crippen LogP contribution in [0.3, 0.4) is 0 Å². The van der Waals surface area contributed by atoms with Crippen LogP contribution in [0.1, 0.15) is 15.9 Å². The van der Waals surface area contributed by atoms with Crippen LogP contribution in [-0.2, 0) is 0 Å². The summed E-state index contributed by atoms with van der Waals surface area (Å²) in [6, 6.07) is 9.88. The molecule has 0 aliphatic carbocycles. The van der Waals surface area contributed by atoms with Crippen LogP contribution >= 0.6 is 11.6 Å². The summed E-state index contributed by atoms with van der Waals surface area (Å²) in [5.74, 6) is -1.82. The van der Waals surface area contributed by atoms with E-state index in [0.717, 1.165) is 17.3 Å². The number of halogens is 2. The molecule has 0 aliphatic rings. The zero-order chi connectivity index (χ0) is 16.3. The maximum atomic E-state index is 13.8.